The molecule has 26 heavy (non-hydrogen) atoms. The molecule has 4 rings (SSSR count). The van der Waals surface area contributed by atoms with Crippen molar-refractivity contribution in [2.75, 3.05) is 0 Å². The second kappa shape index (κ2) is 6.83. The number of carbonyl (C=O) groups is 1. The lowest BCUT2D eigenvalue weighted by atomic mass is 10.1. The van der Waals surface area contributed by atoms with E-state index < -0.39 is 5.97 Å². The average Bonchev–Trinajstić information content (AvgIpc) is 2.85. The zero-order valence-electron chi connectivity index (χ0n) is 15.0. The predicted octanol–water partition coefficient (Wildman–Crippen LogP) is 5.42. The molecule has 0 saturated carbocycles. The second-order valence-electron chi connectivity index (χ2n) is 7.12. The van der Waals surface area contributed by atoms with Gasteiger partial charge in [-0.2, -0.15) is 0 Å². The number of nitrogens with zero attached hydrogens (tertiary/aromatic N) is 1. The average molecular weight is 345 g/mol. The molecule has 0 atom stereocenters. The van der Waals surface area contributed by atoms with E-state index in [-0.39, 0.29) is 0 Å². The number of carboxylic acids is 1. The van der Waals surface area contributed by atoms with E-state index in [9.17, 15) is 9.90 Å². The summed E-state index contributed by atoms with van der Waals surface area (Å²) in [7, 11) is 0. The Morgan fingerprint density at radius 2 is 1.62 bits per heavy atom. The largest absolute Gasteiger partial charge is 0.478 e. The molecule has 2 aromatic carbocycles. The Hall–Kier alpha value is -2.81. The number of hydrogen-bond donors (Lipinski definition) is 1. The highest BCUT2D eigenvalue weighted by Gasteiger charge is 2.19. The molecule has 0 fully saturated rings. The van der Waals surface area contributed by atoms with Crippen LogP contribution in [-0.2, 0) is 12.8 Å². The van der Waals surface area contributed by atoms with Crippen LogP contribution in [0.2, 0.25) is 0 Å². The van der Waals surface area contributed by atoms with Crippen LogP contribution in [0.5, 0.6) is 0 Å². The SMILES string of the molecule is Cc1ccc(-c2cc3c(n2-c2ccc(C(=O)O)cc2)CCCCC3)cc1. The Bertz CT molecular complexity index is 934. The van der Waals surface area contributed by atoms with E-state index in [0.717, 1.165) is 18.5 Å². The fourth-order valence-electron chi connectivity index (χ4n) is 3.86. The van der Waals surface area contributed by atoms with Crippen molar-refractivity contribution < 1.29 is 9.90 Å². The van der Waals surface area contributed by atoms with Gasteiger partial charge < -0.3 is 9.67 Å². The first-order valence-electron chi connectivity index (χ1n) is 9.28. The molecule has 3 aromatic rings. The van der Waals surface area contributed by atoms with Gasteiger partial charge in [-0.1, -0.05) is 36.2 Å². The number of benzene rings is 2. The Labute approximate surface area is 153 Å². The molecule has 0 radical (unpaired) electrons. The van der Waals surface area contributed by atoms with Crippen LogP contribution in [0.25, 0.3) is 16.9 Å². The minimum absolute atomic E-state index is 0.323. The van der Waals surface area contributed by atoms with E-state index in [4.69, 9.17) is 0 Å². The maximum atomic E-state index is 11.2. The fourth-order valence-corrected chi connectivity index (χ4v) is 3.86. The summed E-state index contributed by atoms with van der Waals surface area (Å²) in [5, 5.41) is 9.19. The van der Waals surface area contributed by atoms with Crippen LogP contribution < -0.4 is 0 Å². The van der Waals surface area contributed by atoms with Gasteiger partial charge in [0, 0.05) is 11.4 Å². The van der Waals surface area contributed by atoms with Crippen LogP contribution in [-0.4, -0.2) is 15.6 Å². The highest BCUT2D eigenvalue weighted by Crippen LogP contribution is 2.33. The van der Waals surface area contributed by atoms with Gasteiger partial charge in [-0.25, -0.2) is 4.79 Å². The van der Waals surface area contributed by atoms with Crippen LogP contribution in [0.4, 0.5) is 0 Å². The molecule has 132 valence electrons. The van der Waals surface area contributed by atoms with Crippen molar-refractivity contribution in [1.82, 2.24) is 4.57 Å². The van der Waals surface area contributed by atoms with Crippen molar-refractivity contribution in [3.05, 3.63) is 77.0 Å². The number of aryl methyl sites for hydroxylation is 2. The third-order valence-electron chi connectivity index (χ3n) is 5.27. The van der Waals surface area contributed by atoms with Crippen molar-refractivity contribution >= 4 is 5.97 Å². The number of aromatic carboxylic acids is 1. The molecule has 0 aliphatic heterocycles. The summed E-state index contributed by atoms with van der Waals surface area (Å²) in [6.07, 6.45) is 5.91. The summed E-state index contributed by atoms with van der Waals surface area (Å²) in [5.74, 6) is -0.887. The first-order valence-corrected chi connectivity index (χ1v) is 9.28. The smallest absolute Gasteiger partial charge is 0.335 e. The first-order chi connectivity index (χ1) is 12.6. The number of hydrogen-bond acceptors (Lipinski definition) is 1. The molecular formula is C23H23NO2. The van der Waals surface area contributed by atoms with Crippen LogP contribution in [0.1, 0.15) is 46.4 Å². The maximum absolute atomic E-state index is 11.2. The number of rotatable bonds is 3. The highest BCUT2D eigenvalue weighted by atomic mass is 16.4. The molecule has 3 heteroatoms. The third kappa shape index (κ3) is 3.05. The van der Waals surface area contributed by atoms with Crippen molar-refractivity contribution in [3.8, 4) is 16.9 Å². The van der Waals surface area contributed by atoms with Gasteiger partial charge in [0.2, 0.25) is 0 Å². The lowest BCUT2D eigenvalue weighted by Crippen LogP contribution is -2.04. The zero-order valence-corrected chi connectivity index (χ0v) is 15.0. The number of aromatic nitrogens is 1. The minimum Gasteiger partial charge on any atom is -0.478 e. The summed E-state index contributed by atoms with van der Waals surface area (Å²) in [6.45, 7) is 2.10. The predicted molar refractivity (Wildman–Crippen MR) is 104 cm³/mol. The summed E-state index contributed by atoms with van der Waals surface area (Å²) in [5.41, 5.74) is 7.81. The number of carboxylic acid groups (broad SMARTS) is 1. The van der Waals surface area contributed by atoms with Gasteiger partial charge in [-0.05, 0) is 74.1 Å². The molecule has 3 nitrogen and oxygen atoms in total. The van der Waals surface area contributed by atoms with Gasteiger partial charge >= 0.3 is 5.97 Å². The second-order valence-corrected chi connectivity index (χ2v) is 7.12. The molecule has 1 N–H and O–H groups in total. The van der Waals surface area contributed by atoms with E-state index in [2.05, 4.69) is 41.8 Å². The van der Waals surface area contributed by atoms with Crippen molar-refractivity contribution in [2.45, 2.75) is 39.0 Å². The topological polar surface area (TPSA) is 42.2 Å². The molecule has 0 amide bonds. The maximum Gasteiger partial charge on any atom is 0.335 e. The van der Waals surface area contributed by atoms with Crippen molar-refractivity contribution in [2.24, 2.45) is 0 Å². The van der Waals surface area contributed by atoms with E-state index in [1.54, 1.807) is 12.1 Å². The number of fused-ring (bicyclic) bond motifs is 1. The zero-order chi connectivity index (χ0) is 18.1. The van der Waals surface area contributed by atoms with Gasteiger partial charge in [-0.3, -0.25) is 0 Å². The van der Waals surface area contributed by atoms with E-state index >= 15 is 0 Å². The molecule has 1 aliphatic carbocycles. The van der Waals surface area contributed by atoms with Crippen molar-refractivity contribution in [3.63, 3.8) is 0 Å². The molecule has 1 aromatic heterocycles. The van der Waals surface area contributed by atoms with Crippen LogP contribution in [0, 0.1) is 6.92 Å². The van der Waals surface area contributed by atoms with Gasteiger partial charge in [0.15, 0.2) is 0 Å². The van der Waals surface area contributed by atoms with Crippen LogP contribution in [0.15, 0.2) is 54.6 Å². The third-order valence-corrected chi connectivity index (χ3v) is 5.27. The van der Waals surface area contributed by atoms with Gasteiger partial charge in [0.05, 0.1) is 11.3 Å². The minimum atomic E-state index is -0.887. The Kier molecular flexibility index (Phi) is 4.37. The van der Waals surface area contributed by atoms with E-state index in [1.165, 1.54) is 47.3 Å². The molecule has 0 unspecified atom stereocenters. The van der Waals surface area contributed by atoms with E-state index in [1.807, 2.05) is 12.1 Å². The summed E-state index contributed by atoms with van der Waals surface area (Å²) in [4.78, 5) is 11.2. The van der Waals surface area contributed by atoms with Crippen molar-refractivity contribution in [1.29, 1.82) is 0 Å². The molecule has 0 bridgehead atoms. The van der Waals surface area contributed by atoms with Gasteiger partial charge in [0.1, 0.15) is 0 Å². The molecule has 1 aliphatic rings. The molecular weight excluding hydrogens is 322 g/mol. The van der Waals surface area contributed by atoms with E-state index in [0.29, 0.717) is 5.56 Å². The quantitative estimate of drug-likeness (QED) is 0.644. The summed E-state index contributed by atoms with van der Waals surface area (Å²) < 4.78 is 2.33. The fraction of sp³-hybridized carbons (Fsp3) is 0.261. The monoisotopic (exact) mass is 345 g/mol. The van der Waals surface area contributed by atoms with Crippen LogP contribution in [0.3, 0.4) is 0 Å². The lowest BCUT2D eigenvalue weighted by molar-refractivity contribution is 0.0697. The Morgan fingerprint density at radius 3 is 2.31 bits per heavy atom. The first kappa shape index (κ1) is 16.6. The van der Waals surface area contributed by atoms with Crippen LogP contribution >= 0.6 is 0 Å². The normalized spacial score (nSPS) is 13.9. The van der Waals surface area contributed by atoms with Gasteiger partial charge in [0.25, 0.3) is 0 Å². The Morgan fingerprint density at radius 1 is 0.923 bits per heavy atom. The standard InChI is InChI=1S/C23H23NO2/c1-16-7-9-17(10-8-16)22-15-19-5-3-2-4-6-21(19)24(22)20-13-11-18(12-14-20)23(25)26/h7-15H,2-6H2,1H3,(H,25,26). The summed E-state index contributed by atoms with van der Waals surface area (Å²) >= 11 is 0. The van der Waals surface area contributed by atoms with Gasteiger partial charge in [-0.15, -0.1) is 0 Å². The highest BCUT2D eigenvalue weighted by molar-refractivity contribution is 5.87. The molecule has 0 saturated heterocycles. The molecule has 1 heterocycles. The summed E-state index contributed by atoms with van der Waals surface area (Å²) in [6, 6.07) is 18.2. The lowest BCUT2D eigenvalue weighted by Gasteiger charge is -2.15. The Balaban J connectivity index is 1.89. The molecule has 0 spiro atoms.